The lowest BCUT2D eigenvalue weighted by Gasteiger charge is -1.95. The van der Waals surface area contributed by atoms with Crippen LogP contribution in [0.15, 0.2) is 24.4 Å². The largest absolute Gasteiger partial charge is 0.463 e. The summed E-state index contributed by atoms with van der Waals surface area (Å²) in [4.78, 5) is 14.9. The molecule has 1 aromatic heterocycles. The second-order valence-corrected chi connectivity index (χ2v) is 2.92. The van der Waals surface area contributed by atoms with E-state index in [1.165, 1.54) is 6.08 Å². The average Bonchev–Trinajstić information content (AvgIpc) is 2.15. The van der Waals surface area contributed by atoms with Gasteiger partial charge in [-0.05, 0) is 25.1 Å². The number of aromatic nitrogens is 1. The highest BCUT2D eigenvalue weighted by atomic mass is 35.5. The van der Waals surface area contributed by atoms with Crippen molar-refractivity contribution in [2.24, 2.45) is 0 Å². The first-order valence-corrected chi connectivity index (χ1v) is 4.56. The fourth-order valence-corrected chi connectivity index (χ4v) is 1.02. The van der Waals surface area contributed by atoms with Crippen molar-refractivity contribution < 1.29 is 9.53 Å². The molecule has 1 heterocycles. The molecule has 0 amide bonds. The van der Waals surface area contributed by atoms with Crippen molar-refractivity contribution in [2.45, 2.75) is 6.92 Å². The first-order valence-electron chi connectivity index (χ1n) is 4.18. The Labute approximate surface area is 87.4 Å². The molecule has 74 valence electrons. The van der Waals surface area contributed by atoms with Gasteiger partial charge in [0.15, 0.2) is 0 Å². The fraction of sp³-hybridized carbons (Fsp3) is 0.200. The van der Waals surface area contributed by atoms with Crippen LogP contribution in [0.1, 0.15) is 12.6 Å². The lowest BCUT2D eigenvalue weighted by Crippen LogP contribution is -1.98. The molecular weight excluding hydrogens is 202 g/mol. The van der Waals surface area contributed by atoms with Gasteiger partial charge in [0.1, 0.15) is 0 Å². The molecule has 0 atom stereocenters. The predicted octanol–water partition coefficient (Wildman–Crippen LogP) is 2.31. The summed E-state index contributed by atoms with van der Waals surface area (Å²) < 4.78 is 4.71. The van der Waals surface area contributed by atoms with Crippen LogP contribution < -0.4 is 0 Å². The summed E-state index contributed by atoms with van der Waals surface area (Å²) in [6.07, 6.45) is 4.46. The molecule has 0 bridgehead atoms. The van der Waals surface area contributed by atoms with Crippen LogP contribution in [0.2, 0.25) is 5.02 Å². The van der Waals surface area contributed by atoms with E-state index in [9.17, 15) is 4.79 Å². The number of carbonyl (C=O) groups excluding carboxylic acids is 1. The van der Waals surface area contributed by atoms with Crippen molar-refractivity contribution in [2.75, 3.05) is 6.61 Å². The van der Waals surface area contributed by atoms with Crippen LogP contribution in [0.25, 0.3) is 6.08 Å². The number of halogens is 1. The molecule has 0 aliphatic carbocycles. The van der Waals surface area contributed by atoms with Crippen molar-refractivity contribution in [1.82, 2.24) is 4.98 Å². The Hall–Kier alpha value is -1.35. The molecule has 0 saturated heterocycles. The minimum absolute atomic E-state index is 0.367. The topological polar surface area (TPSA) is 39.2 Å². The standard InChI is InChI=1S/C10H10ClNO2/c1-2-14-10(13)4-3-9-7-8(11)5-6-12-9/h3-7H,2H2,1H3. The molecule has 0 spiro atoms. The first-order chi connectivity index (χ1) is 6.72. The molecule has 1 rings (SSSR count). The Kier molecular flexibility index (Phi) is 4.13. The number of rotatable bonds is 3. The summed E-state index contributed by atoms with van der Waals surface area (Å²) in [5, 5.41) is 0.587. The van der Waals surface area contributed by atoms with Gasteiger partial charge in [0.05, 0.1) is 12.3 Å². The zero-order chi connectivity index (χ0) is 10.4. The van der Waals surface area contributed by atoms with Crippen molar-refractivity contribution in [3.63, 3.8) is 0 Å². The molecule has 0 aromatic carbocycles. The average molecular weight is 212 g/mol. The number of nitrogens with zero attached hydrogens (tertiary/aromatic N) is 1. The van der Waals surface area contributed by atoms with Crippen LogP contribution in [0, 0.1) is 0 Å². The molecule has 0 aliphatic rings. The van der Waals surface area contributed by atoms with Crippen molar-refractivity contribution in [3.8, 4) is 0 Å². The molecule has 3 nitrogen and oxygen atoms in total. The van der Waals surface area contributed by atoms with E-state index in [1.807, 2.05) is 0 Å². The summed E-state index contributed by atoms with van der Waals surface area (Å²) in [5.74, 6) is -0.380. The number of carbonyl (C=O) groups is 1. The Balaban J connectivity index is 2.64. The normalized spacial score (nSPS) is 10.4. The molecule has 4 heteroatoms. The van der Waals surface area contributed by atoms with Gasteiger partial charge in [-0.25, -0.2) is 4.79 Å². The van der Waals surface area contributed by atoms with Gasteiger partial charge in [-0.15, -0.1) is 0 Å². The van der Waals surface area contributed by atoms with E-state index < -0.39 is 0 Å². The van der Waals surface area contributed by atoms with Gasteiger partial charge in [0, 0.05) is 17.3 Å². The molecule has 1 aromatic rings. The van der Waals surface area contributed by atoms with Gasteiger partial charge in [-0.1, -0.05) is 11.6 Å². The van der Waals surface area contributed by atoms with Crippen molar-refractivity contribution in [1.29, 1.82) is 0 Å². The second kappa shape index (κ2) is 5.40. The predicted molar refractivity (Wildman–Crippen MR) is 54.9 cm³/mol. The van der Waals surface area contributed by atoms with Gasteiger partial charge < -0.3 is 4.74 Å². The second-order valence-electron chi connectivity index (χ2n) is 2.48. The molecule has 0 radical (unpaired) electrons. The minimum atomic E-state index is -0.380. The highest BCUT2D eigenvalue weighted by Crippen LogP contribution is 2.08. The Morgan fingerprint density at radius 3 is 3.14 bits per heavy atom. The molecule has 0 unspecified atom stereocenters. The van der Waals surface area contributed by atoms with Crippen LogP contribution in [0.3, 0.4) is 0 Å². The third-order valence-electron chi connectivity index (χ3n) is 1.42. The third kappa shape index (κ3) is 3.58. The molecule has 0 saturated carbocycles. The van der Waals surface area contributed by atoms with Crippen LogP contribution in [-0.4, -0.2) is 17.6 Å². The van der Waals surface area contributed by atoms with Crippen LogP contribution in [0.5, 0.6) is 0 Å². The van der Waals surface area contributed by atoms with E-state index in [0.29, 0.717) is 17.3 Å². The van der Waals surface area contributed by atoms with E-state index in [0.717, 1.165) is 0 Å². The van der Waals surface area contributed by atoms with Gasteiger partial charge in [0.25, 0.3) is 0 Å². The van der Waals surface area contributed by atoms with E-state index in [1.54, 1.807) is 31.3 Å². The van der Waals surface area contributed by atoms with Crippen molar-refractivity contribution >= 4 is 23.6 Å². The zero-order valence-electron chi connectivity index (χ0n) is 7.74. The maximum atomic E-state index is 10.9. The van der Waals surface area contributed by atoms with Crippen LogP contribution >= 0.6 is 11.6 Å². The summed E-state index contributed by atoms with van der Waals surface area (Å²) in [7, 11) is 0. The molecule has 14 heavy (non-hydrogen) atoms. The minimum Gasteiger partial charge on any atom is -0.463 e. The summed E-state index contributed by atoms with van der Waals surface area (Å²) in [6, 6.07) is 3.33. The number of esters is 1. The SMILES string of the molecule is CCOC(=O)C=Cc1cc(Cl)ccn1. The molecule has 0 aliphatic heterocycles. The van der Waals surface area contributed by atoms with Gasteiger partial charge in [0.2, 0.25) is 0 Å². The third-order valence-corrected chi connectivity index (χ3v) is 1.66. The molecule has 0 fully saturated rings. The van der Waals surface area contributed by atoms with Gasteiger partial charge in [-0.3, -0.25) is 4.98 Å². The van der Waals surface area contributed by atoms with Crippen LogP contribution in [0.4, 0.5) is 0 Å². The van der Waals surface area contributed by atoms with Gasteiger partial charge in [-0.2, -0.15) is 0 Å². The molecule has 0 N–H and O–H groups in total. The lowest BCUT2D eigenvalue weighted by atomic mass is 10.3. The highest BCUT2D eigenvalue weighted by molar-refractivity contribution is 6.30. The van der Waals surface area contributed by atoms with Crippen LogP contribution in [-0.2, 0) is 9.53 Å². The maximum Gasteiger partial charge on any atom is 0.330 e. The number of hydrogen-bond acceptors (Lipinski definition) is 3. The number of pyridine rings is 1. The summed E-state index contributed by atoms with van der Waals surface area (Å²) in [5.41, 5.74) is 0.630. The zero-order valence-corrected chi connectivity index (χ0v) is 8.49. The molecular formula is C10H10ClNO2. The maximum absolute atomic E-state index is 10.9. The van der Waals surface area contributed by atoms with Gasteiger partial charge >= 0.3 is 5.97 Å². The monoisotopic (exact) mass is 211 g/mol. The van der Waals surface area contributed by atoms with Crippen molar-refractivity contribution in [3.05, 3.63) is 35.1 Å². The quantitative estimate of drug-likeness (QED) is 0.569. The van der Waals surface area contributed by atoms with E-state index in [-0.39, 0.29) is 5.97 Å². The highest BCUT2D eigenvalue weighted by Gasteiger charge is 1.95. The number of ether oxygens (including phenoxy) is 1. The smallest absolute Gasteiger partial charge is 0.330 e. The summed E-state index contributed by atoms with van der Waals surface area (Å²) >= 11 is 5.73. The Morgan fingerprint density at radius 1 is 1.71 bits per heavy atom. The fourth-order valence-electron chi connectivity index (χ4n) is 0.856. The Bertz CT molecular complexity index is 350. The lowest BCUT2D eigenvalue weighted by molar-refractivity contribution is -0.137. The summed E-state index contributed by atoms with van der Waals surface area (Å²) in [6.45, 7) is 2.12. The van der Waals surface area contributed by atoms with E-state index >= 15 is 0 Å². The number of hydrogen-bond donors (Lipinski definition) is 0. The first kappa shape index (κ1) is 10.7. The Morgan fingerprint density at radius 2 is 2.50 bits per heavy atom. The van der Waals surface area contributed by atoms with E-state index in [4.69, 9.17) is 16.3 Å². The van der Waals surface area contributed by atoms with E-state index in [2.05, 4.69) is 4.98 Å².